The van der Waals surface area contributed by atoms with Gasteiger partial charge in [-0.2, -0.15) is 0 Å². The summed E-state index contributed by atoms with van der Waals surface area (Å²) in [5, 5.41) is 0. The minimum atomic E-state index is -0.148. The van der Waals surface area contributed by atoms with Crippen molar-refractivity contribution < 1.29 is 9.63 Å². The van der Waals surface area contributed by atoms with E-state index in [2.05, 4.69) is 19.0 Å². The lowest BCUT2D eigenvalue weighted by Gasteiger charge is -2.15. The zero-order valence-corrected chi connectivity index (χ0v) is 9.21. The van der Waals surface area contributed by atoms with E-state index in [4.69, 9.17) is 4.84 Å². The molecule has 3 heteroatoms. The van der Waals surface area contributed by atoms with Crippen molar-refractivity contribution in [1.29, 1.82) is 0 Å². The van der Waals surface area contributed by atoms with E-state index in [9.17, 15) is 4.79 Å². The molecule has 0 spiro atoms. The first-order chi connectivity index (χ1) is 6.70. The number of hydroxylamine groups is 1. The Bertz CT molecular complexity index is 169. The second kappa shape index (κ2) is 8.75. The number of allylic oxidation sites excluding steroid dienone is 1. The third-order valence-electron chi connectivity index (χ3n) is 1.94. The molecule has 1 amide bonds. The standard InChI is InChI=1S/C11H21NO2/c1-4-6-8-11(9-7-5-2)14-12-10(3)13/h4,11H,1,5-9H2,2-3H3,(H,12,13)/t11-/m0/s1. The highest BCUT2D eigenvalue weighted by molar-refractivity contribution is 5.71. The Balaban J connectivity index is 3.70. The zero-order valence-electron chi connectivity index (χ0n) is 9.21. The Morgan fingerprint density at radius 3 is 2.79 bits per heavy atom. The number of unbranched alkanes of at least 4 members (excludes halogenated alkanes) is 1. The third kappa shape index (κ3) is 7.80. The molecule has 1 N–H and O–H groups in total. The zero-order chi connectivity index (χ0) is 10.8. The second-order valence-electron chi connectivity index (χ2n) is 3.41. The Labute approximate surface area is 86.5 Å². The lowest BCUT2D eigenvalue weighted by molar-refractivity contribution is -0.136. The van der Waals surface area contributed by atoms with Gasteiger partial charge in [0.05, 0.1) is 6.10 Å². The fourth-order valence-corrected chi connectivity index (χ4v) is 1.16. The van der Waals surface area contributed by atoms with Gasteiger partial charge in [-0.05, 0) is 19.3 Å². The molecule has 0 saturated carbocycles. The number of amides is 1. The Morgan fingerprint density at radius 2 is 2.29 bits per heavy atom. The minimum Gasteiger partial charge on any atom is -0.273 e. The van der Waals surface area contributed by atoms with Crippen molar-refractivity contribution in [2.75, 3.05) is 0 Å². The normalized spacial score (nSPS) is 12.1. The van der Waals surface area contributed by atoms with Gasteiger partial charge >= 0.3 is 0 Å². The summed E-state index contributed by atoms with van der Waals surface area (Å²) in [5.41, 5.74) is 2.39. The van der Waals surface area contributed by atoms with Crippen molar-refractivity contribution in [2.45, 2.75) is 52.1 Å². The molecule has 3 nitrogen and oxygen atoms in total. The van der Waals surface area contributed by atoms with Gasteiger partial charge in [-0.25, -0.2) is 5.48 Å². The number of carbonyl (C=O) groups excluding carboxylic acids is 1. The summed E-state index contributed by atoms with van der Waals surface area (Å²) in [4.78, 5) is 15.9. The molecule has 0 aliphatic carbocycles. The first kappa shape index (κ1) is 13.2. The van der Waals surface area contributed by atoms with Crippen LogP contribution in [0.1, 0.15) is 46.0 Å². The van der Waals surface area contributed by atoms with E-state index >= 15 is 0 Å². The summed E-state index contributed by atoms with van der Waals surface area (Å²) < 4.78 is 0. The summed E-state index contributed by atoms with van der Waals surface area (Å²) in [6, 6.07) is 0. The molecule has 0 radical (unpaired) electrons. The topological polar surface area (TPSA) is 38.3 Å². The average molecular weight is 199 g/mol. The third-order valence-corrected chi connectivity index (χ3v) is 1.94. The van der Waals surface area contributed by atoms with Crippen LogP contribution in [0.25, 0.3) is 0 Å². The van der Waals surface area contributed by atoms with Crippen LogP contribution in [0.5, 0.6) is 0 Å². The van der Waals surface area contributed by atoms with E-state index in [-0.39, 0.29) is 12.0 Å². The highest BCUT2D eigenvalue weighted by atomic mass is 16.7. The second-order valence-corrected chi connectivity index (χ2v) is 3.41. The maximum absolute atomic E-state index is 10.6. The highest BCUT2D eigenvalue weighted by Crippen LogP contribution is 2.10. The summed E-state index contributed by atoms with van der Waals surface area (Å²) in [7, 11) is 0. The summed E-state index contributed by atoms with van der Waals surface area (Å²) in [6.45, 7) is 7.26. The molecule has 82 valence electrons. The first-order valence-electron chi connectivity index (χ1n) is 5.23. The number of nitrogens with one attached hydrogen (secondary N) is 1. The smallest absolute Gasteiger partial charge is 0.240 e. The van der Waals surface area contributed by atoms with E-state index in [1.165, 1.54) is 6.92 Å². The van der Waals surface area contributed by atoms with Gasteiger partial charge in [-0.3, -0.25) is 9.63 Å². The summed E-state index contributed by atoms with van der Waals surface area (Å²) >= 11 is 0. The monoisotopic (exact) mass is 199 g/mol. The van der Waals surface area contributed by atoms with Crippen molar-refractivity contribution in [3.63, 3.8) is 0 Å². The fourth-order valence-electron chi connectivity index (χ4n) is 1.16. The quantitative estimate of drug-likeness (QED) is 0.482. The molecule has 0 fully saturated rings. The minimum absolute atomic E-state index is 0.122. The van der Waals surface area contributed by atoms with Gasteiger partial charge in [-0.15, -0.1) is 6.58 Å². The number of carbonyl (C=O) groups is 1. The summed E-state index contributed by atoms with van der Waals surface area (Å²) in [6.07, 6.45) is 7.10. The number of hydrogen-bond acceptors (Lipinski definition) is 2. The number of rotatable bonds is 8. The van der Waals surface area contributed by atoms with E-state index in [1.54, 1.807) is 0 Å². The van der Waals surface area contributed by atoms with Gasteiger partial charge in [0.25, 0.3) is 0 Å². The van der Waals surface area contributed by atoms with Crippen LogP contribution in [0.4, 0.5) is 0 Å². The highest BCUT2D eigenvalue weighted by Gasteiger charge is 2.08. The first-order valence-corrected chi connectivity index (χ1v) is 5.23. The molecule has 0 aliphatic rings. The SMILES string of the molecule is C=CCC[C@@H](CCCC)ONC(C)=O. The molecule has 14 heavy (non-hydrogen) atoms. The van der Waals surface area contributed by atoms with Crippen LogP contribution in [0.15, 0.2) is 12.7 Å². The van der Waals surface area contributed by atoms with E-state index in [0.717, 1.165) is 32.1 Å². The maximum Gasteiger partial charge on any atom is 0.240 e. The van der Waals surface area contributed by atoms with E-state index in [1.807, 2.05) is 6.08 Å². The van der Waals surface area contributed by atoms with Crippen LogP contribution in [0, 0.1) is 0 Å². The molecule has 0 bridgehead atoms. The Kier molecular flexibility index (Phi) is 8.24. The molecule has 0 rings (SSSR count). The molecule has 0 saturated heterocycles. The van der Waals surface area contributed by atoms with Crippen LogP contribution in [0.2, 0.25) is 0 Å². The average Bonchev–Trinajstić information content (AvgIpc) is 2.16. The Morgan fingerprint density at radius 1 is 1.57 bits per heavy atom. The van der Waals surface area contributed by atoms with Crippen LogP contribution < -0.4 is 5.48 Å². The van der Waals surface area contributed by atoms with Crippen LogP contribution >= 0.6 is 0 Å². The van der Waals surface area contributed by atoms with E-state index < -0.39 is 0 Å². The van der Waals surface area contributed by atoms with Crippen LogP contribution in [-0.2, 0) is 9.63 Å². The Hall–Kier alpha value is -0.830. The van der Waals surface area contributed by atoms with Gasteiger partial charge < -0.3 is 0 Å². The molecule has 0 aromatic heterocycles. The molecule has 1 atom stereocenters. The molecule has 0 aromatic carbocycles. The fraction of sp³-hybridized carbons (Fsp3) is 0.727. The van der Waals surface area contributed by atoms with Gasteiger partial charge in [-0.1, -0.05) is 25.8 Å². The molecular weight excluding hydrogens is 178 g/mol. The van der Waals surface area contributed by atoms with Gasteiger partial charge in [0.15, 0.2) is 0 Å². The molecular formula is C11H21NO2. The van der Waals surface area contributed by atoms with Gasteiger partial charge in [0.2, 0.25) is 5.91 Å². The molecule has 0 heterocycles. The van der Waals surface area contributed by atoms with Crippen molar-refractivity contribution in [2.24, 2.45) is 0 Å². The molecule has 0 aliphatic heterocycles. The molecule has 0 unspecified atom stereocenters. The predicted octanol–water partition coefficient (Wildman–Crippen LogP) is 2.58. The number of hydrogen-bond donors (Lipinski definition) is 1. The van der Waals surface area contributed by atoms with Crippen LogP contribution in [0.3, 0.4) is 0 Å². The largest absolute Gasteiger partial charge is 0.273 e. The van der Waals surface area contributed by atoms with Crippen molar-refractivity contribution in [3.8, 4) is 0 Å². The summed E-state index contributed by atoms with van der Waals surface area (Å²) in [5.74, 6) is -0.148. The van der Waals surface area contributed by atoms with Crippen molar-refractivity contribution >= 4 is 5.91 Å². The predicted molar refractivity (Wildman–Crippen MR) is 57.6 cm³/mol. The van der Waals surface area contributed by atoms with Gasteiger partial charge in [0.1, 0.15) is 0 Å². The lowest BCUT2D eigenvalue weighted by atomic mass is 10.1. The molecule has 0 aromatic rings. The van der Waals surface area contributed by atoms with Crippen LogP contribution in [-0.4, -0.2) is 12.0 Å². The maximum atomic E-state index is 10.6. The van der Waals surface area contributed by atoms with Crippen molar-refractivity contribution in [1.82, 2.24) is 5.48 Å². The van der Waals surface area contributed by atoms with Crippen molar-refractivity contribution in [3.05, 3.63) is 12.7 Å². The van der Waals surface area contributed by atoms with Gasteiger partial charge in [0, 0.05) is 6.92 Å². The lowest BCUT2D eigenvalue weighted by Crippen LogP contribution is -2.27. The van der Waals surface area contributed by atoms with E-state index in [0.29, 0.717) is 0 Å².